The van der Waals surface area contributed by atoms with Crippen LogP contribution in [0.4, 0.5) is 5.69 Å². The molecule has 4 aromatic carbocycles. The number of hydrogen-bond donors (Lipinski definition) is 6. The molecule has 4 rings (SSSR count). The number of aromatic hydroxyl groups is 1. The summed E-state index contributed by atoms with van der Waals surface area (Å²) < 4.78 is 0. The van der Waals surface area contributed by atoms with Crippen LogP contribution in [0.25, 0.3) is 0 Å². The molecule has 0 aliphatic carbocycles. The molecule has 0 aliphatic rings. The highest BCUT2D eigenvalue weighted by molar-refractivity contribution is 6.05. The maximum absolute atomic E-state index is 12.0. The van der Waals surface area contributed by atoms with E-state index in [9.17, 15) is 28.8 Å². The number of carbonyl (C=O) groups excluding carboxylic acids is 3. The van der Waals surface area contributed by atoms with Crippen molar-refractivity contribution in [2.24, 2.45) is 0 Å². The van der Waals surface area contributed by atoms with Gasteiger partial charge in [-0.25, -0.2) is 14.4 Å². The van der Waals surface area contributed by atoms with Gasteiger partial charge in [0.2, 0.25) is 5.91 Å². The fraction of sp³-hybridized carbons (Fsp3) is 0.0857. The molecule has 0 aliphatic heterocycles. The summed E-state index contributed by atoms with van der Waals surface area (Å²) in [5.74, 6) is -4.91. The second-order valence-corrected chi connectivity index (χ2v) is 9.64. The zero-order chi connectivity index (χ0) is 34.9. The Bertz CT molecular complexity index is 1770. The molecule has 0 unspecified atom stereocenters. The molecule has 0 bridgehead atoms. The van der Waals surface area contributed by atoms with E-state index in [1.165, 1.54) is 31.2 Å². The van der Waals surface area contributed by atoms with Crippen LogP contribution in [0.3, 0.4) is 0 Å². The van der Waals surface area contributed by atoms with Crippen LogP contribution in [0.15, 0.2) is 109 Å². The molecule has 0 spiro atoms. The monoisotopic (exact) mass is 640 g/mol. The lowest BCUT2D eigenvalue weighted by atomic mass is 10.1. The number of benzene rings is 4. The third-order valence-electron chi connectivity index (χ3n) is 6.03. The number of aryl methyl sites for hydroxylation is 1. The quantitative estimate of drug-likeness (QED) is 0.104. The van der Waals surface area contributed by atoms with E-state index in [0.717, 1.165) is 29.3 Å². The fourth-order valence-corrected chi connectivity index (χ4v) is 3.64. The lowest BCUT2D eigenvalue weighted by molar-refractivity contribution is -0.131. The zero-order valence-electron chi connectivity index (χ0n) is 25.3. The number of aromatic carboxylic acids is 2. The Labute approximate surface area is 269 Å². The van der Waals surface area contributed by atoms with Crippen LogP contribution in [-0.4, -0.2) is 55.9 Å². The Kier molecular flexibility index (Phi) is 14.3. The zero-order valence-corrected chi connectivity index (χ0v) is 25.3. The molecule has 0 aromatic heterocycles. The summed E-state index contributed by atoms with van der Waals surface area (Å²) in [4.78, 5) is 65.6. The highest BCUT2D eigenvalue weighted by Crippen LogP contribution is 2.18. The van der Waals surface area contributed by atoms with Crippen molar-refractivity contribution in [2.75, 3.05) is 5.32 Å². The van der Waals surface area contributed by atoms with Gasteiger partial charge in [0.05, 0.1) is 11.1 Å². The lowest BCUT2D eigenvalue weighted by Crippen LogP contribution is -2.24. The van der Waals surface area contributed by atoms with Crippen LogP contribution in [0.5, 0.6) is 5.75 Å². The molecular weight excluding hydrogens is 608 g/mol. The second-order valence-electron chi connectivity index (χ2n) is 9.64. The summed E-state index contributed by atoms with van der Waals surface area (Å²) in [7, 11) is 0. The summed E-state index contributed by atoms with van der Waals surface area (Å²) in [5.41, 5.74) is 2.89. The van der Waals surface area contributed by atoms with Gasteiger partial charge in [0.15, 0.2) is 5.78 Å². The number of phenols is 1. The predicted molar refractivity (Wildman–Crippen MR) is 173 cm³/mol. The van der Waals surface area contributed by atoms with Gasteiger partial charge in [-0.05, 0) is 61.9 Å². The molecule has 2 amide bonds. The lowest BCUT2D eigenvalue weighted by Gasteiger charge is -2.07. The van der Waals surface area contributed by atoms with E-state index in [0.29, 0.717) is 12.2 Å². The molecule has 12 nitrogen and oxygen atoms in total. The van der Waals surface area contributed by atoms with Gasteiger partial charge in [-0.15, -0.1) is 0 Å². The Morgan fingerprint density at radius 1 is 0.681 bits per heavy atom. The van der Waals surface area contributed by atoms with E-state index in [1.807, 2.05) is 49.4 Å². The van der Waals surface area contributed by atoms with Gasteiger partial charge in [0.1, 0.15) is 11.3 Å². The van der Waals surface area contributed by atoms with Crippen molar-refractivity contribution in [3.63, 3.8) is 0 Å². The molecule has 12 heteroatoms. The third kappa shape index (κ3) is 12.9. The first kappa shape index (κ1) is 36.6. The molecule has 4 aromatic rings. The number of carbonyl (C=O) groups is 6. The first-order valence-corrected chi connectivity index (χ1v) is 13.8. The smallest absolute Gasteiger partial charge is 0.339 e. The van der Waals surface area contributed by atoms with Crippen LogP contribution in [0, 0.1) is 6.92 Å². The molecule has 47 heavy (non-hydrogen) atoms. The minimum atomic E-state index is -1.25. The summed E-state index contributed by atoms with van der Waals surface area (Å²) in [6.07, 6.45) is 1.77. The Morgan fingerprint density at radius 2 is 1.26 bits per heavy atom. The van der Waals surface area contributed by atoms with Crippen molar-refractivity contribution < 1.29 is 49.2 Å². The fourth-order valence-electron chi connectivity index (χ4n) is 3.64. The normalized spacial score (nSPS) is 9.91. The van der Waals surface area contributed by atoms with Crippen molar-refractivity contribution in [3.05, 3.63) is 143 Å². The van der Waals surface area contributed by atoms with E-state index in [4.69, 9.17) is 20.4 Å². The summed E-state index contributed by atoms with van der Waals surface area (Å²) in [6, 6.07) is 26.5. The van der Waals surface area contributed by atoms with E-state index >= 15 is 0 Å². The van der Waals surface area contributed by atoms with Crippen LogP contribution >= 0.6 is 0 Å². The van der Waals surface area contributed by atoms with Crippen molar-refractivity contribution >= 4 is 41.2 Å². The summed E-state index contributed by atoms with van der Waals surface area (Å²) >= 11 is 0. The summed E-state index contributed by atoms with van der Waals surface area (Å²) in [6.45, 7) is 3.64. The Balaban J connectivity index is 0.000000250. The highest BCUT2D eigenvalue weighted by atomic mass is 16.4. The first-order valence-electron chi connectivity index (χ1n) is 13.8. The predicted octanol–water partition coefficient (Wildman–Crippen LogP) is 5.18. The number of anilines is 1. The van der Waals surface area contributed by atoms with Crippen LogP contribution in [0.2, 0.25) is 0 Å². The highest BCUT2D eigenvalue weighted by Gasteiger charge is 2.15. The van der Waals surface area contributed by atoms with E-state index in [-0.39, 0.29) is 39.7 Å². The van der Waals surface area contributed by atoms with Crippen LogP contribution < -0.4 is 10.6 Å². The molecule has 0 heterocycles. The van der Waals surface area contributed by atoms with Crippen molar-refractivity contribution in [2.45, 2.75) is 20.4 Å². The van der Waals surface area contributed by atoms with E-state index < -0.39 is 23.8 Å². The van der Waals surface area contributed by atoms with Gasteiger partial charge in [-0.3, -0.25) is 14.4 Å². The van der Waals surface area contributed by atoms with Crippen LogP contribution in [0.1, 0.15) is 59.5 Å². The van der Waals surface area contributed by atoms with Crippen molar-refractivity contribution in [1.82, 2.24) is 5.32 Å². The van der Waals surface area contributed by atoms with Gasteiger partial charge in [-0.2, -0.15) is 0 Å². The average molecular weight is 641 g/mol. The standard InChI is InChI=1S/C15H13NO3.C11H11NO3.C9H8O4/c17-14(16-10-11-6-2-1-3-7-11)12-8-4-5-9-13(12)15(18)19;1-8-2-4-9(5-3-8)12-10(13)6-7-11(14)15;1-5(10)6-2-3-8(11)7(4-6)9(12)13/h1-9H,10H2,(H,16,17)(H,18,19);2-7H,1H3,(H,12,13)(H,14,15);2-4,11H,1H3,(H,12,13)/b;7-6-;. The molecule has 6 N–H and O–H groups in total. The first-order chi connectivity index (χ1) is 22.3. The van der Waals surface area contributed by atoms with Gasteiger partial charge >= 0.3 is 17.9 Å². The van der Waals surface area contributed by atoms with Crippen LogP contribution in [-0.2, 0) is 16.1 Å². The number of aliphatic carboxylic acids is 1. The number of Topliss-reactive ketones (excluding diaryl/α,β-unsaturated/α-hetero) is 1. The second kappa shape index (κ2) is 18.3. The topological polar surface area (TPSA) is 207 Å². The van der Waals surface area contributed by atoms with Gasteiger partial charge < -0.3 is 31.1 Å². The number of amides is 2. The van der Waals surface area contributed by atoms with E-state index in [2.05, 4.69) is 10.6 Å². The maximum atomic E-state index is 12.0. The third-order valence-corrected chi connectivity index (χ3v) is 6.03. The minimum absolute atomic E-state index is 0.00746. The number of carboxylic acid groups (broad SMARTS) is 3. The molecule has 0 atom stereocenters. The average Bonchev–Trinajstić information content (AvgIpc) is 3.04. The van der Waals surface area contributed by atoms with Crippen molar-refractivity contribution in [3.8, 4) is 5.75 Å². The maximum Gasteiger partial charge on any atom is 0.339 e. The number of nitrogens with one attached hydrogen (secondary N) is 2. The molecule has 0 saturated heterocycles. The number of rotatable bonds is 9. The van der Waals surface area contributed by atoms with Crippen molar-refractivity contribution in [1.29, 1.82) is 0 Å². The number of carboxylic acids is 3. The Morgan fingerprint density at radius 3 is 1.81 bits per heavy atom. The molecule has 0 saturated carbocycles. The van der Waals surface area contributed by atoms with E-state index in [1.54, 1.807) is 24.3 Å². The molecule has 0 fully saturated rings. The van der Waals surface area contributed by atoms with Gasteiger partial charge in [0.25, 0.3) is 5.91 Å². The summed E-state index contributed by atoms with van der Waals surface area (Å²) in [5, 5.41) is 40.3. The molecule has 242 valence electrons. The minimum Gasteiger partial charge on any atom is -0.507 e. The SMILES string of the molecule is CC(=O)c1ccc(O)c(C(=O)O)c1.Cc1ccc(NC(=O)/C=C\C(=O)O)cc1.O=C(O)c1ccccc1C(=O)NCc1ccccc1. The molecular formula is C35H32N2O10. The van der Waals surface area contributed by atoms with Gasteiger partial charge in [-0.1, -0.05) is 60.2 Å². The number of ketones is 1. The Hall–Kier alpha value is -6.56. The van der Waals surface area contributed by atoms with Gasteiger partial charge in [0, 0.05) is 29.9 Å². The number of hydrogen-bond acceptors (Lipinski definition) is 7. The molecule has 0 radical (unpaired) electrons. The largest absolute Gasteiger partial charge is 0.507 e.